The van der Waals surface area contributed by atoms with Crippen LogP contribution < -0.4 is 5.32 Å². The zero-order chi connectivity index (χ0) is 21.1. The van der Waals surface area contributed by atoms with Gasteiger partial charge in [-0.05, 0) is 74.4 Å². The van der Waals surface area contributed by atoms with Gasteiger partial charge in [0.05, 0.1) is 5.41 Å². The van der Waals surface area contributed by atoms with Crippen molar-refractivity contribution < 1.29 is 9.59 Å². The van der Waals surface area contributed by atoms with Crippen molar-refractivity contribution in [2.24, 2.45) is 5.92 Å². The van der Waals surface area contributed by atoms with Crippen LogP contribution in [0.25, 0.3) is 0 Å². The average molecular weight is 425 g/mol. The Labute approximate surface area is 183 Å². The average Bonchev–Trinajstić information content (AvgIpc) is 3.55. The van der Waals surface area contributed by atoms with E-state index in [1.165, 1.54) is 5.56 Å². The number of likely N-dealkylation sites (tertiary alicyclic amines) is 1. The molecule has 1 heterocycles. The Bertz CT molecular complexity index is 921. The van der Waals surface area contributed by atoms with Gasteiger partial charge in [0.25, 0.3) is 0 Å². The van der Waals surface area contributed by atoms with E-state index < -0.39 is 0 Å². The minimum Gasteiger partial charge on any atom is -0.355 e. The molecule has 1 atom stereocenters. The lowest BCUT2D eigenvalue weighted by atomic mass is 9.93. The molecular weight excluding hydrogens is 396 g/mol. The molecule has 1 amide bonds. The number of hydrogen-bond donors (Lipinski definition) is 1. The van der Waals surface area contributed by atoms with Crippen LogP contribution in [0.2, 0.25) is 5.02 Å². The van der Waals surface area contributed by atoms with Crippen molar-refractivity contribution in [3.8, 4) is 0 Å². The fourth-order valence-electron chi connectivity index (χ4n) is 4.56. The van der Waals surface area contributed by atoms with Gasteiger partial charge in [0.2, 0.25) is 5.91 Å². The van der Waals surface area contributed by atoms with Crippen LogP contribution in [0.1, 0.15) is 54.1 Å². The normalized spacial score (nSPS) is 20.5. The van der Waals surface area contributed by atoms with E-state index >= 15 is 0 Å². The fourth-order valence-corrected chi connectivity index (χ4v) is 4.68. The molecule has 1 saturated carbocycles. The summed E-state index contributed by atoms with van der Waals surface area (Å²) in [7, 11) is 0. The Balaban J connectivity index is 1.31. The van der Waals surface area contributed by atoms with Crippen LogP contribution >= 0.6 is 11.6 Å². The van der Waals surface area contributed by atoms with Gasteiger partial charge >= 0.3 is 0 Å². The van der Waals surface area contributed by atoms with E-state index in [0.717, 1.165) is 63.0 Å². The quantitative estimate of drug-likeness (QED) is 0.660. The molecule has 2 aliphatic rings. The summed E-state index contributed by atoms with van der Waals surface area (Å²) < 4.78 is 0. The van der Waals surface area contributed by atoms with Gasteiger partial charge in [-0.3, -0.25) is 14.5 Å². The first-order chi connectivity index (χ1) is 14.5. The highest BCUT2D eigenvalue weighted by atomic mass is 35.5. The molecule has 158 valence electrons. The number of halogens is 1. The molecule has 30 heavy (non-hydrogen) atoms. The Morgan fingerprint density at radius 3 is 2.63 bits per heavy atom. The molecule has 1 aliphatic heterocycles. The van der Waals surface area contributed by atoms with Gasteiger partial charge in [-0.2, -0.15) is 0 Å². The molecule has 0 spiro atoms. The van der Waals surface area contributed by atoms with Gasteiger partial charge in [0.15, 0.2) is 5.78 Å². The highest BCUT2D eigenvalue weighted by Gasteiger charge is 2.51. The van der Waals surface area contributed by atoms with E-state index in [-0.39, 0.29) is 17.1 Å². The van der Waals surface area contributed by atoms with Gasteiger partial charge < -0.3 is 5.32 Å². The second-order valence-corrected chi connectivity index (χ2v) is 9.24. The van der Waals surface area contributed by atoms with E-state index in [2.05, 4.69) is 16.3 Å². The Morgan fingerprint density at radius 2 is 1.93 bits per heavy atom. The molecule has 0 bridgehead atoms. The van der Waals surface area contributed by atoms with E-state index in [1.54, 1.807) is 6.92 Å². The molecule has 2 aromatic rings. The summed E-state index contributed by atoms with van der Waals surface area (Å²) in [4.78, 5) is 27.0. The number of hydrogen-bond acceptors (Lipinski definition) is 3. The van der Waals surface area contributed by atoms with Gasteiger partial charge in [-0.15, -0.1) is 0 Å². The molecule has 5 heteroatoms. The molecule has 1 aliphatic carbocycles. The van der Waals surface area contributed by atoms with Crippen molar-refractivity contribution in [3.63, 3.8) is 0 Å². The molecule has 2 aromatic carbocycles. The number of carbonyl (C=O) groups is 2. The maximum atomic E-state index is 12.9. The van der Waals surface area contributed by atoms with Crippen LogP contribution in [0.4, 0.5) is 0 Å². The minimum atomic E-state index is -0.355. The number of benzene rings is 2. The Hall–Kier alpha value is -2.17. The molecule has 0 radical (unpaired) electrons. The third kappa shape index (κ3) is 4.76. The van der Waals surface area contributed by atoms with E-state index in [0.29, 0.717) is 10.9 Å². The highest BCUT2D eigenvalue weighted by Crippen LogP contribution is 2.48. The smallest absolute Gasteiger partial charge is 0.230 e. The molecule has 0 unspecified atom stereocenters. The predicted molar refractivity (Wildman–Crippen MR) is 120 cm³/mol. The van der Waals surface area contributed by atoms with E-state index in [1.807, 2.05) is 42.5 Å². The van der Waals surface area contributed by atoms with Gasteiger partial charge in [0, 0.05) is 30.2 Å². The SMILES string of the molecule is CC(=O)c1cccc(CN2CCC[C@@H](CNC(=O)C3(c4ccc(Cl)cc4)CC3)C2)c1. The maximum absolute atomic E-state index is 12.9. The summed E-state index contributed by atoms with van der Waals surface area (Å²) in [6, 6.07) is 15.6. The number of nitrogens with zero attached hydrogens (tertiary/aromatic N) is 1. The number of ketones is 1. The number of carbonyl (C=O) groups excluding carboxylic acids is 2. The number of rotatable bonds is 7. The maximum Gasteiger partial charge on any atom is 0.230 e. The molecule has 2 fully saturated rings. The lowest BCUT2D eigenvalue weighted by molar-refractivity contribution is -0.123. The monoisotopic (exact) mass is 424 g/mol. The topological polar surface area (TPSA) is 49.4 Å². The highest BCUT2D eigenvalue weighted by molar-refractivity contribution is 6.30. The second-order valence-electron chi connectivity index (χ2n) is 8.80. The Kier molecular flexibility index (Phi) is 6.26. The summed E-state index contributed by atoms with van der Waals surface area (Å²) in [5.74, 6) is 0.710. The summed E-state index contributed by atoms with van der Waals surface area (Å²) in [5, 5.41) is 3.93. The molecule has 1 N–H and O–H groups in total. The van der Waals surface area contributed by atoms with Crippen molar-refractivity contribution in [1.82, 2.24) is 10.2 Å². The first-order valence-corrected chi connectivity index (χ1v) is 11.2. The summed E-state index contributed by atoms with van der Waals surface area (Å²) in [6.45, 7) is 5.20. The van der Waals surface area contributed by atoms with Crippen LogP contribution in [-0.2, 0) is 16.8 Å². The van der Waals surface area contributed by atoms with Crippen molar-refractivity contribution in [2.45, 2.75) is 44.6 Å². The van der Waals surface area contributed by atoms with Crippen LogP contribution in [0.15, 0.2) is 48.5 Å². The largest absolute Gasteiger partial charge is 0.355 e. The standard InChI is InChI=1S/C25H29ClN2O2/c1-18(29)21-6-2-4-19(14-21)16-28-13-3-5-20(17-28)15-27-24(30)25(11-12-25)22-7-9-23(26)10-8-22/h2,4,6-10,14,20H,3,5,11-13,15-17H2,1H3,(H,27,30)/t20-/m0/s1. The molecule has 4 rings (SSSR count). The zero-order valence-electron chi connectivity index (χ0n) is 17.5. The lowest BCUT2D eigenvalue weighted by Gasteiger charge is -2.33. The van der Waals surface area contributed by atoms with E-state index in [9.17, 15) is 9.59 Å². The lowest BCUT2D eigenvalue weighted by Crippen LogP contribution is -2.43. The first kappa shape index (κ1) is 21.1. The third-order valence-corrected chi connectivity index (χ3v) is 6.73. The van der Waals surface area contributed by atoms with E-state index in [4.69, 9.17) is 11.6 Å². The van der Waals surface area contributed by atoms with Crippen LogP contribution in [0, 0.1) is 5.92 Å². The first-order valence-electron chi connectivity index (χ1n) is 10.8. The second kappa shape index (κ2) is 8.91. The zero-order valence-corrected chi connectivity index (χ0v) is 18.3. The minimum absolute atomic E-state index is 0.103. The molecular formula is C25H29ClN2O2. The number of nitrogens with one attached hydrogen (secondary N) is 1. The Morgan fingerprint density at radius 1 is 1.17 bits per heavy atom. The molecule has 1 saturated heterocycles. The van der Waals surface area contributed by atoms with Crippen molar-refractivity contribution >= 4 is 23.3 Å². The van der Waals surface area contributed by atoms with Crippen molar-refractivity contribution in [3.05, 3.63) is 70.2 Å². The van der Waals surface area contributed by atoms with Crippen LogP contribution in [-0.4, -0.2) is 36.2 Å². The predicted octanol–water partition coefficient (Wildman–Crippen LogP) is 4.60. The third-order valence-electron chi connectivity index (χ3n) is 6.48. The number of amides is 1. The summed E-state index contributed by atoms with van der Waals surface area (Å²) >= 11 is 6.00. The van der Waals surface area contributed by atoms with Crippen LogP contribution in [0.5, 0.6) is 0 Å². The van der Waals surface area contributed by atoms with Crippen molar-refractivity contribution in [1.29, 1.82) is 0 Å². The number of piperidine rings is 1. The number of Topliss-reactive ketones (excluding diaryl/α,β-unsaturated/α-hetero) is 1. The van der Waals surface area contributed by atoms with Crippen molar-refractivity contribution in [2.75, 3.05) is 19.6 Å². The van der Waals surface area contributed by atoms with Gasteiger partial charge in [-0.1, -0.05) is 41.9 Å². The summed E-state index contributed by atoms with van der Waals surface area (Å²) in [5.41, 5.74) is 2.66. The van der Waals surface area contributed by atoms with Crippen LogP contribution in [0.3, 0.4) is 0 Å². The van der Waals surface area contributed by atoms with Gasteiger partial charge in [-0.25, -0.2) is 0 Å². The molecule has 0 aromatic heterocycles. The fraction of sp³-hybridized carbons (Fsp3) is 0.440. The van der Waals surface area contributed by atoms with Gasteiger partial charge in [0.1, 0.15) is 0 Å². The molecule has 4 nitrogen and oxygen atoms in total. The summed E-state index contributed by atoms with van der Waals surface area (Å²) in [6.07, 6.45) is 4.08.